The number of carbonyl (C=O) groups is 1. The molecule has 2 rings (SSSR count). The molecule has 0 aliphatic rings. The second kappa shape index (κ2) is 6.65. The maximum Gasteiger partial charge on any atom is 0.344 e. The minimum atomic E-state index is -1.04. The summed E-state index contributed by atoms with van der Waals surface area (Å²) in [6, 6.07) is 7.97. The lowest BCUT2D eigenvalue weighted by Crippen LogP contribution is -2.22. The molecular formula is C14H11Cl2NO4. The molecule has 0 aliphatic heterocycles. The van der Waals surface area contributed by atoms with Crippen molar-refractivity contribution < 1.29 is 19.4 Å². The molecule has 1 atom stereocenters. The Balaban J connectivity index is 2.09. The number of ether oxygens (including phenoxy) is 2. The van der Waals surface area contributed by atoms with Gasteiger partial charge in [-0.2, -0.15) is 0 Å². The topological polar surface area (TPSA) is 68.7 Å². The van der Waals surface area contributed by atoms with Crippen LogP contribution in [-0.2, 0) is 4.79 Å². The highest BCUT2D eigenvalue weighted by atomic mass is 35.5. The molecule has 0 saturated carbocycles. The van der Waals surface area contributed by atoms with Crippen molar-refractivity contribution in [2.45, 2.75) is 13.0 Å². The monoisotopic (exact) mass is 327 g/mol. The molecule has 0 bridgehead atoms. The Morgan fingerprint density at radius 2 is 1.81 bits per heavy atom. The maximum atomic E-state index is 10.7. The van der Waals surface area contributed by atoms with E-state index in [9.17, 15) is 4.79 Å². The summed E-state index contributed by atoms with van der Waals surface area (Å²) in [6.45, 7) is 1.45. The van der Waals surface area contributed by atoms with E-state index in [1.807, 2.05) is 0 Å². The highest BCUT2D eigenvalue weighted by Crippen LogP contribution is 2.32. The Morgan fingerprint density at radius 1 is 1.19 bits per heavy atom. The fourth-order valence-electron chi connectivity index (χ4n) is 1.43. The van der Waals surface area contributed by atoms with Gasteiger partial charge in [-0.05, 0) is 37.3 Å². The number of pyridine rings is 1. The molecule has 7 heteroatoms. The molecule has 1 N–H and O–H groups in total. The van der Waals surface area contributed by atoms with Gasteiger partial charge in [-0.3, -0.25) is 0 Å². The molecule has 110 valence electrons. The number of aliphatic carboxylic acids is 1. The van der Waals surface area contributed by atoms with E-state index in [0.29, 0.717) is 16.5 Å². The number of nitrogens with zero attached hydrogens (tertiary/aromatic N) is 1. The van der Waals surface area contributed by atoms with Crippen LogP contribution in [0, 0.1) is 0 Å². The summed E-state index contributed by atoms with van der Waals surface area (Å²) in [5, 5.41) is 9.33. The average Bonchev–Trinajstić information content (AvgIpc) is 2.46. The lowest BCUT2D eigenvalue weighted by Gasteiger charge is -2.11. The van der Waals surface area contributed by atoms with Crippen LogP contribution < -0.4 is 9.47 Å². The molecule has 1 heterocycles. The SMILES string of the molecule is CC(Oc1ccc(Oc2nccc(Cl)c2Cl)cc1)C(=O)O. The predicted molar refractivity (Wildman–Crippen MR) is 78.5 cm³/mol. The van der Waals surface area contributed by atoms with Crippen LogP contribution in [0.1, 0.15) is 6.92 Å². The van der Waals surface area contributed by atoms with E-state index in [1.165, 1.54) is 13.1 Å². The van der Waals surface area contributed by atoms with Crippen LogP contribution in [0.3, 0.4) is 0 Å². The van der Waals surface area contributed by atoms with Crippen LogP contribution in [0.4, 0.5) is 0 Å². The third-order valence-corrected chi connectivity index (χ3v) is 3.29. The van der Waals surface area contributed by atoms with Crippen molar-refractivity contribution in [1.29, 1.82) is 0 Å². The minimum Gasteiger partial charge on any atom is -0.479 e. The number of halogens is 2. The average molecular weight is 328 g/mol. The Labute approximate surface area is 131 Å². The zero-order chi connectivity index (χ0) is 15.4. The molecule has 1 aromatic heterocycles. The van der Waals surface area contributed by atoms with Gasteiger partial charge in [0, 0.05) is 6.20 Å². The van der Waals surface area contributed by atoms with Crippen molar-refractivity contribution in [2.24, 2.45) is 0 Å². The smallest absolute Gasteiger partial charge is 0.344 e. The molecule has 1 aromatic carbocycles. The number of aromatic nitrogens is 1. The van der Waals surface area contributed by atoms with Gasteiger partial charge in [0.2, 0.25) is 5.88 Å². The summed E-state index contributed by atoms with van der Waals surface area (Å²) in [7, 11) is 0. The van der Waals surface area contributed by atoms with Crippen LogP contribution in [0.15, 0.2) is 36.5 Å². The quantitative estimate of drug-likeness (QED) is 0.897. The van der Waals surface area contributed by atoms with Crippen molar-refractivity contribution in [3.63, 3.8) is 0 Å². The molecule has 2 aromatic rings. The molecule has 21 heavy (non-hydrogen) atoms. The van der Waals surface area contributed by atoms with Crippen LogP contribution in [0.5, 0.6) is 17.4 Å². The molecule has 0 aliphatic carbocycles. The highest BCUT2D eigenvalue weighted by Gasteiger charge is 2.13. The Kier molecular flexibility index (Phi) is 4.88. The van der Waals surface area contributed by atoms with Gasteiger partial charge in [0.05, 0.1) is 5.02 Å². The fourth-order valence-corrected chi connectivity index (χ4v) is 1.71. The van der Waals surface area contributed by atoms with Crippen molar-refractivity contribution in [3.8, 4) is 17.4 Å². The second-order valence-corrected chi connectivity index (χ2v) is 4.87. The molecule has 0 radical (unpaired) electrons. The minimum absolute atomic E-state index is 0.191. The Morgan fingerprint density at radius 3 is 2.43 bits per heavy atom. The van der Waals surface area contributed by atoms with E-state index < -0.39 is 12.1 Å². The van der Waals surface area contributed by atoms with Gasteiger partial charge >= 0.3 is 5.97 Å². The summed E-state index contributed by atoms with van der Waals surface area (Å²) in [5.41, 5.74) is 0. The summed E-state index contributed by atoms with van der Waals surface area (Å²) in [6.07, 6.45) is 0.552. The zero-order valence-electron chi connectivity index (χ0n) is 10.9. The first-order valence-corrected chi connectivity index (χ1v) is 6.70. The first kappa shape index (κ1) is 15.4. The largest absolute Gasteiger partial charge is 0.479 e. The van der Waals surface area contributed by atoms with E-state index in [0.717, 1.165) is 0 Å². The van der Waals surface area contributed by atoms with Gasteiger partial charge in [0.1, 0.15) is 16.5 Å². The van der Waals surface area contributed by atoms with Gasteiger partial charge < -0.3 is 14.6 Å². The molecule has 5 nitrogen and oxygen atoms in total. The molecule has 0 fully saturated rings. The number of rotatable bonds is 5. The van der Waals surface area contributed by atoms with E-state index in [4.69, 9.17) is 37.8 Å². The van der Waals surface area contributed by atoms with Gasteiger partial charge in [0.15, 0.2) is 6.10 Å². The van der Waals surface area contributed by atoms with E-state index in [-0.39, 0.29) is 10.9 Å². The van der Waals surface area contributed by atoms with Gasteiger partial charge in [-0.25, -0.2) is 9.78 Å². The fraction of sp³-hybridized carbons (Fsp3) is 0.143. The number of benzene rings is 1. The van der Waals surface area contributed by atoms with Gasteiger partial charge in [-0.15, -0.1) is 0 Å². The third kappa shape index (κ3) is 4.00. The van der Waals surface area contributed by atoms with Crippen LogP contribution >= 0.6 is 23.2 Å². The maximum absolute atomic E-state index is 10.7. The summed E-state index contributed by atoms with van der Waals surface area (Å²) in [5.74, 6) is 0.0476. The molecular weight excluding hydrogens is 317 g/mol. The summed E-state index contributed by atoms with van der Waals surface area (Å²) < 4.78 is 10.7. The van der Waals surface area contributed by atoms with Gasteiger partial charge in [-0.1, -0.05) is 23.2 Å². The second-order valence-electron chi connectivity index (χ2n) is 4.08. The first-order chi connectivity index (χ1) is 9.97. The lowest BCUT2D eigenvalue weighted by molar-refractivity contribution is -0.144. The van der Waals surface area contributed by atoms with Crippen molar-refractivity contribution >= 4 is 29.2 Å². The van der Waals surface area contributed by atoms with Crippen molar-refractivity contribution in [1.82, 2.24) is 4.98 Å². The molecule has 0 saturated heterocycles. The normalized spacial score (nSPS) is 11.8. The van der Waals surface area contributed by atoms with Gasteiger partial charge in [0.25, 0.3) is 0 Å². The molecule has 0 amide bonds. The standard InChI is InChI=1S/C14H11Cl2NO4/c1-8(14(18)19)20-9-2-4-10(5-3-9)21-13-12(16)11(15)6-7-17-13/h2-8H,1H3,(H,18,19). The van der Waals surface area contributed by atoms with Crippen LogP contribution in [-0.4, -0.2) is 22.2 Å². The van der Waals surface area contributed by atoms with E-state index in [2.05, 4.69) is 4.98 Å². The zero-order valence-corrected chi connectivity index (χ0v) is 12.4. The Bertz CT molecular complexity index is 646. The first-order valence-electron chi connectivity index (χ1n) is 5.94. The summed E-state index contributed by atoms with van der Waals surface area (Å²) in [4.78, 5) is 14.7. The van der Waals surface area contributed by atoms with E-state index >= 15 is 0 Å². The third-order valence-electron chi connectivity index (χ3n) is 2.51. The predicted octanol–water partition coefficient (Wildman–Crippen LogP) is 4.03. The number of carboxylic acids is 1. The van der Waals surface area contributed by atoms with E-state index in [1.54, 1.807) is 30.3 Å². The number of hydrogen-bond acceptors (Lipinski definition) is 4. The summed E-state index contributed by atoms with van der Waals surface area (Å²) >= 11 is 11.8. The molecule has 0 spiro atoms. The van der Waals surface area contributed by atoms with Crippen LogP contribution in [0.25, 0.3) is 0 Å². The van der Waals surface area contributed by atoms with Crippen molar-refractivity contribution in [3.05, 3.63) is 46.6 Å². The number of hydrogen-bond donors (Lipinski definition) is 1. The lowest BCUT2D eigenvalue weighted by atomic mass is 10.3. The molecule has 1 unspecified atom stereocenters. The Hall–Kier alpha value is -1.98. The highest BCUT2D eigenvalue weighted by molar-refractivity contribution is 6.42. The van der Waals surface area contributed by atoms with Crippen molar-refractivity contribution in [2.75, 3.05) is 0 Å². The van der Waals surface area contributed by atoms with Crippen LogP contribution in [0.2, 0.25) is 10.0 Å². The number of carboxylic acid groups (broad SMARTS) is 1.